The van der Waals surface area contributed by atoms with E-state index < -0.39 is 0 Å². The molecule has 7 heteroatoms. The fourth-order valence-corrected chi connectivity index (χ4v) is 5.11. The van der Waals surface area contributed by atoms with Crippen molar-refractivity contribution in [2.24, 2.45) is 0 Å². The van der Waals surface area contributed by atoms with Gasteiger partial charge in [-0.15, -0.1) is 11.3 Å². The lowest BCUT2D eigenvalue weighted by Crippen LogP contribution is -2.50. The van der Waals surface area contributed by atoms with Gasteiger partial charge in [0, 0.05) is 36.6 Å². The van der Waals surface area contributed by atoms with Crippen LogP contribution >= 0.6 is 11.3 Å². The van der Waals surface area contributed by atoms with E-state index in [4.69, 9.17) is 0 Å². The summed E-state index contributed by atoms with van der Waals surface area (Å²) in [5, 5.41) is 13.1. The van der Waals surface area contributed by atoms with Gasteiger partial charge < -0.3 is 10.2 Å². The third kappa shape index (κ3) is 3.79. The molecular weight excluding hydrogens is 372 g/mol. The Bertz CT molecular complexity index is 924. The molecule has 0 bridgehead atoms. The van der Waals surface area contributed by atoms with Crippen molar-refractivity contribution in [2.75, 3.05) is 38.0 Å². The first kappa shape index (κ1) is 18.7. The SMILES string of the molecule is N#Cc1c(NC(=O)CN2CCN(C(=O)c3ccccc3)CC2)sc2c1CCC2. The van der Waals surface area contributed by atoms with Crippen LogP contribution in [0.3, 0.4) is 0 Å². The number of hydrogen-bond donors (Lipinski definition) is 1. The number of piperazine rings is 1. The maximum Gasteiger partial charge on any atom is 0.253 e. The van der Waals surface area contributed by atoms with Crippen LogP contribution in [-0.4, -0.2) is 54.3 Å². The van der Waals surface area contributed by atoms with E-state index in [1.165, 1.54) is 16.2 Å². The number of rotatable bonds is 4. The first-order valence-corrected chi connectivity index (χ1v) is 10.4. The maximum atomic E-state index is 12.5. The van der Waals surface area contributed by atoms with Crippen molar-refractivity contribution in [2.45, 2.75) is 19.3 Å². The molecule has 2 aliphatic rings. The summed E-state index contributed by atoms with van der Waals surface area (Å²) >= 11 is 1.54. The van der Waals surface area contributed by atoms with Crippen molar-refractivity contribution >= 4 is 28.2 Å². The second kappa shape index (κ2) is 8.13. The second-order valence-electron chi connectivity index (χ2n) is 7.16. The van der Waals surface area contributed by atoms with Crippen molar-refractivity contribution in [1.29, 1.82) is 5.26 Å². The number of anilines is 1. The van der Waals surface area contributed by atoms with Crippen LogP contribution in [0.1, 0.15) is 32.8 Å². The average molecular weight is 395 g/mol. The molecule has 1 fully saturated rings. The number of nitrogens with one attached hydrogen (secondary N) is 1. The van der Waals surface area contributed by atoms with Crippen LogP contribution in [0.4, 0.5) is 5.00 Å². The predicted octanol–water partition coefficient (Wildman–Crippen LogP) is 2.50. The van der Waals surface area contributed by atoms with Crippen LogP contribution in [0.2, 0.25) is 0 Å². The van der Waals surface area contributed by atoms with E-state index in [0.717, 1.165) is 24.8 Å². The van der Waals surface area contributed by atoms with E-state index in [1.807, 2.05) is 35.2 Å². The highest BCUT2D eigenvalue weighted by Gasteiger charge is 2.25. The number of nitriles is 1. The minimum atomic E-state index is -0.0979. The summed E-state index contributed by atoms with van der Waals surface area (Å²) in [5.74, 6) is -0.0595. The van der Waals surface area contributed by atoms with Crippen molar-refractivity contribution in [3.05, 3.63) is 51.9 Å². The minimum Gasteiger partial charge on any atom is -0.336 e. The van der Waals surface area contributed by atoms with Crippen molar-refractivity contribution < 1.29 is 9.59 Å². The number of nitrogens with zero attached hydrogens (tertiary/aromatic N) is 3. The molecular formula is C21H22N4O2S. The van der Waals surface area contributed by atoms with Gasteiger partial charge in [0.25, 0.3) is 5.91 Å². The number of carbonyl (C=O) groups is 2. The lowest BCUT2D eigenvalue weighted by atomic mass is 10.1. The smallest absolute Gasteiger partial charge is 0.253 e. The van der Waals surface area contributed by atoms with Crippen molar-refractivity contribution in [3.63, 3.8) is 0 Å². The zero-order valence-corrected chi connectivity index (χ0v) is 16.4. The summed E-state index contributed by atoms with van der Waals surface area (Å²) in [4.78, 5) is 30.1. The Hall–Kier alpha value is -2.69. The zero-order chi connectivity index (χ0) is 19.5. The Morgan fingerprint density at radius 1 is 1.11 bits per heavy atom. The lowest BCUT2D eigenvalue weighted by Gasteiger charge is -2.34. The van der Waals surface area contributed by atoms with Gasteiger partial charge in [-0.3, -0.25) is 14.5 Å². The third-order valence-corrected chi connectivity index (χ3v) is 6.54. The van der Waals surface area contributed by atoms with Gasteiger partial charge in [-0.05, 0) is 37.0 Å². The highest BCUT2D eigenvalue weighted by atomic mass is 32.1. The molecule has 144 valence electrons. The third-order valence-electron chi connectivity index (χ3n) is 5.33. The Morgan fingerprint density at radius 2 is 1.86 bits per heavy atom. The summed E-state index contributed by atoms with van der Waals surface area (Å²) in [6, 6.07) is 11.5. The summed E-state index contributed by atoms with van der Waals surface area (Å²) in [5.41, 5.74) is 2.46. The number of aryl methyl sites for hydroxylation is 1. The summed E-state index contributed by atoms with van der Waals surface area (Å²) in [7, 11) is 0. The van der Waals surface area contributed by atoms with Gasteiger partial charge in [0.2, 0.25) is 5.91 Å². The molecule has 2 heterocycles. The average Bonchev–Trinajstić information content (AvgIpc) is 3.29. The molecule has 0 spiro atoms. The largest absolute Gasteiger partial charge is 0.336 e. The molecule has 1 aromatic carbocycles. The van der Waals surface area contributed by atoms with E-state index in [9.17, 15) is 14.9 Å². The molecule has 2 amide bonds. The van der Waals surface area contributed by atoms with E-state index >= 15 is 0 Å². The quantitative estimate of drug-likeness (QED) is 0.864. The first-order chi connectivity index (χ1) is 13.7. The van der Waals surface area contributed by atoms with Crippen molar-refractivity contribution in [1.82, 2.24) is 9.80 Å². The molecule has 4 rings (SSSR count). The summed E-state index contributed by atoms with van der Waals surface area (Å²) in [6.45, 7) is 2.83. The molecule has 0 atom stereocenters. The number of benzene rings is 1. The van der Waals surface area contributed by atoms with Gasteiger partial charge in [0.15, 0.2) is 0 Å². The second-order valence-corrected chi connectivity index (χ2v) is 8.26. The summed E-state index contributed by atoms with van der Waals surface area (Å²) in [6.07, 6.45) is 3.03. The van der Waals surface area contributed by atoms with Crippen LogP contribution in [0, 0.1) is 11.3 Å². The molecule has 0 unspecified atom stereocenters. The highest BCUT2D eigenvalue weighted by Crippen LogP contribution is 2.38. The molecule has 2 aromatic rings. The van der Waals surface area contributed by atoms with Gasteiger partial charge in [0.1, 0.15) is 11.1 Å². The van der Waals surface area contributed by atoms with Gasteiger partial charge in [-0.25, -0.2) is 0 Å². The number of carbonyl (C=O) groups excluding carboxylic acids is 2. The van der Waals surface area contributed by atoms with Gasteiger partial charge in [-0.2, -0.15) is 5.26 Å². The molecule has 28 heavy (non-hydrogen) atoms. The van der Waals surface area contributed by atoms with E-state index in [-0.39, 0.29) is 18.4 Å². The Kier molecular flexibility index (Phi) is 5.42. The molecule has 0 saturated carbocycles. The summed E-state index contributed by atoms with van der Waals surface area (Å²) < 4.78 is 0. The molecule has 6 nitrogen and oxygen atoms in total. The van der Waals surface area contributed by atoms with Crippen LogP contribution in [0.5, 0.6) is 0 Å². The maximum absolute atomic E-state index is 12.5. The fourth-order valence-electron chi connectivity index (χ4n) is 3.85. The monoisotopic (exact) mass is 394 g/mol. The van der Waals surface area contributed by atoms with Crippen LogP contribution in [0.25, 0.3) is 0 Å². The predicted molar refractivity (Wildman–Crippen MR) is 108 cm³/mol. The number of fused-ring (bicyclic) bond motifs is 1. The number of amides is 2. The van der Waals surface area contributed by atoms with Gasteiger partial charge >= 0.3 is 0 Å². The van der Waals surface area contributed by atoms with Gasteiger partial charge in [-0.1, -0.05) is 18.2 Å². The first-order valence-electron chi connectivity index (χ1n) is 9.57. The molecule has 1 aromatic heterocycles. The topological polar surface area (TPSA) is 76.4 Å². The number of hydrogen-bond acceptors (Lipinski definition) is 5. The molecule has 1 aliphatic carbocycles. The van der Waals surface area contributed by atoms with E-state index in [1.54, 1.807) is 0 Å². The molecule has 0 radical (unpaired) electrons. The van der Waals surface area contributed by atoms with Crippen LogP contribution in [-0.2, 0) is 17.6 Å². The normalized spacial score (nSPS) is 16.5. The van der Waals surface area contributed by atoms with Crippen LogP contribution in [0.15, 0.2) is 30.3 Å². The Labute approximate surface area is 168 Å². The van der Waals surface area contributed by atoms with E-state index in [2.05, 4.69) is 16.3 Å². The van der Waals surface area contributed by atoms with Crippen molar-refractivity contribution in [3.8, 4) is 6.07 Å². The van der Waals surface area contributed by atoms with E-state index in [0.29, 0.717) is 42.3 Å². The zero-order valence-electron chi connectivity index (χ0n) is 15.6. The lowest BCUT2D eigenvalue weighted by molar-refractivity contribution is -0.117. The Balaban J connectivity index is 1.30. The standard InChI is InChI=1S/C21H22N4O2S/c22-13-17-16-7-4-8-18(16)28-20(17)23-19(26)14-24-9-11-25(12-10-24)21(27)15-5-2-1-3-6-15/h1-3,5-6H,4,7-12,14H2,(H,23,26). The Morgan fingerprint density at radius 3 is 2.57 bits per heavy atom. The minimum absolute atomic E-state index is 0.0384. The highest BCUT2D eigenvalue weighted by molar-refractivity contribution is 7.16. The van der Waals surface area contributed by atoms with Crippen LogP contribution < -0.4 is 5.32 Å². The molecule has 1 aliphatic heterocycles. The molecule has 1 saturated heterocycles. The van der Waals surface area contributed by atoms with Gasteiger partial charge in [0.05, 0.1) is 12.1 Å². The molecule has 1 N–H and O–H groups in total. The fraction of sp³-hybridized carbons (Fsp3) is 0.381. The number of thiophene rings is 1.